The van der Waals surface area contributed by atoms with Crippen molar-refractivity contribution in [1.82, 2.24) is 5.32 Å². The first-order valence-electron chi connectivity index (χ1n) is 10.4. The molecule has 10 heteroatoms. The molecule has 0 aliphatic rings. The van der Waals surface area contributed by atoms with Gasteiger partial charge in [0.15, 0.2) is 11.5 Å². The third-order valence-electron chi connectivity index (χ3n) is 4.69. The van der Waals surface area contributed by atoms with Crippen molar-refractivity contribution in [3.05, 3.63) is 103 Å². The van der Waals surface area contributed by atoms with Gasteiger partial charge >= 0.3 is 5.97 Å². The van der Waals surface area contributed by atoms with E-state index >= 15 is 0 Å². The number of rotatable bonds is 10. The number of aliphatic carboxylic acids is 1. The van der Waals surface area contributed by atoms with Gasteiger partial charge < -0.3 is 19.9 Å². The summed E-state index contributed by atoms with van der Waals surface area (Å²) in [7, 11) is 0. The number of hydrogen-bond donors (Lipinski definition) is 2. The number of carbonyl (C=O) groups excluding carboxylic acids is 1. The Morgan fingerprint density at radius 2 is 1.77 bits per heavy atom. The van der Waals surface area contributed by atoms with E-state index in [1.54, 1.807) is 61.5 Å². The first-order valence-corrected chi connectivity index (χ1v) is 11.5. The average Bonchev–Trinajstić information content (AvgIpc) is 2.84. The normalized spacial score (nSPS) is 11.0. The maximum Gasteiger partial charge on any atom is 0.352 e. The van der Waals surface area contributed by atoms with E-state index in [0.717, 1.165) is 5.56 Å². The van der Waals surface area contributed by atoms with Crippen molar-refractivity contribution >= 4 is 46.2 Å². The topological polar surface area (TPSA) is 128 Å². The molecular weight excluding hydrogens is 567 g/mol. The first kappa shape index (κ1) is 25.7. The number of carboxylic acid groups (broad SMARTS) is 1. The molecule has 0 heterocycles. The van der Waals surface area contributed by atoms with Gasteiger partial charge in [-0.05, 0) is 83.1 Å². The smallest absolute Gasteiger partial charge is 0.352 e. The lowest BCUT2D eigenvalue weighted by Gasteiger charge is -2.15. The van der Waals surface area contributed by atoms with Gasteiger partial charge in [0.1, 0.15) is 12.3 Å². The first-order chi connectivity index (χ1) is 16.8. The van der Waals surface area contributed by atoms with Crippen LogP contribution < -0.4 is 14.8 Å². The fourth-order valence-corrected chi connectivity index (χ4v) is 3.83. The molecule has 0 atom stereocenters. The molecule has 3 rings (SSSR count). The van der Waals surface area contributed by atoms with Crippen LogP contribution in [0.3, 0.4) is 0 Å². The summed E-state index contributed by atoms with van der Waals surface area (Å²) in [6.45, 7) is 2.29. The lowest BCUT2D eigenvalue weighted by atomic mass is 10.1. The van der Waals surface area contributed by atoms with Crippen LogP contribution >= 0.6 is 22.6 Å². The third kappa shape index (κ3) is 7.03. The maximum atomic E-state index is 12.4. The van der Waals surface area contributed by atoms with E-state index in [4.69, 9.17) is 9.47 Å². The number of nitrogens with one attached hydrogen (secondary N) is 1. The lowest BCUT2D eigenvalue weighted by molar-refractivity contribution is -0.384. The number of carboxylic acids is 1. The number of carbonyl (C=O) groups is 2. The predicted molar refractivity (Wildman–Crippen MR) is 137 cm³/mol. The van der Waals surface area contributed by atoms with E-state index in [-0.39, 0.29) is 18.0 Å². The number of hydrogen-bond acceptors (Lipinski definition) is 6. The van der Waals surface area contributed by atoms with Gasteiger partial charge in [-0.25, -0.2) is 4.79 Å². The summed E-state index contributed by atoms with van der Waals surface area (Å²) in [6.07, 6.45) is 1.34. The maximum absolute atomic E-state index is 12.4. The molecule has 3 aromatic carbocycles. The van der Waals surface area contributed by atoms with Gasteiger partial charge in [-0.15, -0.1) is 0 Å². The van der Waals surface area contributed by atoms with Crippen LogP contribution in [-0.4, -0.2) is 28.5 Å². The van der Waals surface area contributed by atoms with E-state index < -0.39 is 16.8 Å². The number of nitrogens with zero attached hydrogens (tertiary/aromatic N) is 1. The summed E-state index contributed by atoms with van der Waals surface area (Å²) in [5.41, 5.74) is 1.25. The molecule has 0 aromatic heterocycles. The van der Waals surface area contributed by atoms with E-state index in [1.165, 1.54) is 18.2 Å². The van der Waals surface area contributed by atoms with Crippen LogP contribution in [0.1, 0.15) is 28.4 Å². The van der Waals surface area contributed by atoms with Crippen LogP contribution in [0.15, 0.2) is 72.4 Å². The van der Waals surface area contributed by atoms with Crippen molar-refractivity contribution in [1.29, 1.82) is 0 Å². The molecule has 0 aliphatic heterocycles. The van der Waals surface area contributed by atoms with Gasteiger partial charge in [0.05, 0.1) is 15.1 Å². The SMILES string of the molecule is CCOc1cc(C=C(NC(=O)c2ccccc2)C(=O)O)cc(I)c1OCc1ccc([N+](=O)[O-])cc1. The van der Waals surface area contributed by atoms with Crippen molar-refractivity contribution < 1.29 is 29.1 Å². The number of non-ortho nitro benzene ring substituents is 1. The zero-order valence-electron chi connectivity index (χ0n) is 18.6. The van der Waals surface area contributed by atoms with Crippen molar-refractivity contribution in [2.75, 3.05) is 6.61 Å². The summed E-state index contributed by atoms with van der Waals surface area (Å²) >= 11 is 2.05. The molecule has 0 unspecified atom stereocenters. The highest BCUT2D eigenvalue weighted by molar-refractivity contribution is 14.1. The Balaban J connectivity index is 1.84. The van der Waals surface area contributed by atoms with Crippen LogP contribution in [0.25, 0.3) is 6.08 Å². The van der Waals surface area contributed by atoms with Gasteiger partial charge in [0.2, 0.25) is 0 Å². The number of amides is 1. The summed E-state index contributed by atoms with van der Waals surface area (Å²) < 4.78 is 12.3. The summed E-state index contributed by atoms with van der Waals surface area (Å²) in [6, 6.07) is 17.6. The summed E-state index contributed by atoms with van der Waals surface area (Å²) in [4.78, 5) is 34.6. The molecule has 180 valence electrons. The summed E-state index contributed by atoms with van der Waals surface area (Å²) in [5.74, 6) is -0.984. The molecule has 9 nitrogen and oxygen atoms in total. The van der Waals surface area contributed by atoms with E-state index in [9.17, 15) is 24.8 Å². The third-order valence-corrected chi connectivity index (χ3v) is 5.49. The number of ether oxygens (including phenoxy) is 2. The molecule has 0 radical (unpaired) electrons. The van der Waals surface area contributed by atoms with Crippen molar-refractivity contribution in [3.8, 4) is 11.5 Å². The second-order valence-electron chi connectivity index (χ2n) is 7.16. The number of halogens is 1. The Morgan fingerprint density at radius 1 is 1.09 bits per heavy atom. The zero-order valence-corrected chi connectivity index (χ0v) is 20.7. The van der Waals surface area contributed by atoms with Gasteiger partial charge in [-0.3, -0.25) is 14.9 Å². The minimum atomic E-state index is -1.29. The fourth-order valence-electron chi connectivity index (χ4n) is 3.05. The van der Waals surface area contributed by atoms with E-state index in [1.807, 2.05) is 22.6 Å². The number of nitro benzene ring substituents is 1. The zero-order chi connectivity index (χ0) is 25.4. The fraction of sp³-hybridized carbons (Fsp3) is 0.120. The monoisotopic (exact) mass is 588 g/mol. The van der Waals surface area contributed by atoms with Crippen LogP contribution in [-0.2, 0) is 11.4 Å². The van der Waals surface area contributed by atoms with Gasteiger partial charge in [-0.1, -0.05) is 18.2 Å². The quantitative estimate of drug-likeness (QED) is 0.147. The summed E-state index contributed by atoms with van der Waals surface area (Å²) in [5, 5.41) is 22.9. The van der Waals surface area contributed by atoms with E-state index in [2.05, 4.69) is 5.32 Å². The second-order valence-corrected chi connectivity index (χ2v) is 8.32. The highest BCUT2D eigenvalue weighted by Gasteiger charge is 2.16. The minimum Gasteiger partial charge on any atom is -0.490 e. The Bertz CT molecular complexity index is 1260. The Labute approximate surface area is 214 Å². The van der Waals surface area contributed by atoms with Crippen molar-refractivity contribution in [2.24, 2.45) is 0 Å². The van der Waals surface area contributed by atoms with Crippen molar-refractivity contribution in [3.63, 3.8) is 0 Å². The molecule has 3 aromatic rings. The highest BCUT2D eigenvalue weighted by Crippen LogP contribution is 2.35. The minimum absolute atomic E-state index is 0.0110. The largest absolute Gasteiger partial charge is 0.490 e. The molecule has 1 amide bonds. The molecule has 35 heavy (non-hydrogen) atoms. The Kier molecular flexibility index (Phi) is 8.79. The molecule has 0 saturated heterocycles. The highest BCUT2D eigenvalue weighted by atomic mass is 127. The average molecular weight is 588 g/mol. The van der Waals surface area contributed by atoms with Crippen LogP contribution in [0.2, 0.25) is 0 Å². The second kappa shape index (κ2) is 12.0. The Hall–Kier alpha value is -3.93. The van der Waals surface area contributed by atoms with Crippen molar-refractivity contribution in [2.45, 2.75) is 13.5 Å². The standard InChI is InChI=1S/C25H21IN2O7/c1-2-34-22-14-17(13-21(25(30)31)27-24(29)18-6-4-3-5-7-18)12-20(26)23(22)35-15-16-8-10-19(11-9-16)28(32)33/h3-14H,2,15H2,1H3,(H,27,29)(H,30,31). The van der Waals surface area contributed by atoms with Crippen LogP contribution in [0.5, 0.6) is 11.5 Å². The molecule has 0 spiro atoms. The Morgan fingerprint density at radius 3 is 2.37 bits per heavy atom. The molecule has 0 aliphatic carbocycles. The molecule has 0 fully saturated rings. The molecule has 2 N–H and O–H groups in total. The van der Waals surface area contributed by atoms with E-state index in [0.29, 0.717) is 32.8 Å². The molecule has 0 bridgehead atoms. The van der Waals surface area contributed by atoms with Crippen LogP contribution in [0, 0.1) is 13.7 Å². The predicted octanol–water partition coefficient (Wildman–Crippen LogP) is 5.03. The van der Waals surface area contributed by atoms with Gasteiger partial charge in [0, 0.05) is 17.7 Å². The molecule has 0 saturated carbocycles. The van der Waals surface area contributed by atoms with Crippen LogP contribution in [0.4, 0.5) is 5.69 Å². The van der Waals surface area contributed by atoms with Gasteiger partial charge in [-0.2, -0.15) is 0 Å². The number of nitro groups is 1. The lowest BCUT2D eigenvalue weighted by Crippen LogP contribution is -2.27. The molecular formula is C25H21IN2O7. The number of benzene rings is 3. The van der Waals surface area contributed by atoms with Gasteiger partial charge in [0.25, 0.3) is 11.6 Å².